The van der Waals surface area contributed by atoms with E-state index in [1.165, 1.54) is 5.56 Å². The molecule has 1 heterocycles. The molecule has 1 aliphatic rings. The molecular weight excluding hydrogens is 425 g/mol. The maximum atomic E-state index is 13.6. The van der Waals surface area contributed by atoms with Crippen LogP contribution in [-0.4, -0.2) is 13.2 Å². The van der Waals surface area contributed by atoms with E-state index in [1.54, 1.807) is 0 Å². The van der Waals surface area contributed by atoms with Crippen LogP contribution < -0.4 is 5.32 Å². The van der Waals surface area contributed by atoms with Crippen molar-refractivity contribution in [3.05, 3.63) is 64.1 Å². The molecule has 6 heteroatoms. The third kappa shape index (κ3) is 4.83. The molecule has 146 valence electrons. The molecule has 0 radical (unpaired) electrons. The standard InChI is InChI=1S/C21H27BrNO3P/c1-15(2)16-9-11-17(12-10-16)23-20(18-7-5-6-8-19(18)22)27(24)25-13-21(3,4)14-26-27/h5-12,15,20,23H,13-14H2,1-4H3. The van der Waals surface area contributed by atoms with Gasteiger partial charge in [0.25, 0.3) is 0 Å². The van der Waals surface area contributed by atoms with Gasteiger partial charge in [-0.15, -0.1) is 0 Å². The van der Waals surface area contributed by atoms with Crippen molar-refractivity contribution >= 4 is 29.2 Å². The molecular formula is C21H27BrNO3P. The van der Waals surface area contributed by atoms with Crippen LogP contribution in [0.3, 0.4) is 0 Å². The highest BCUT2D eigenvalue weighted by molar-refractivity contribution is 9.10. The molecule has 2 aromatic carbocycles. The van der Waals surface area contributed by atoms with Gasteiger partial charge in [-0.05, 0) is 29.7 Å². The van der Waals surface area contributed by atoms with E-state index in [-0.39, 0.29) is 5.41 Å². The predicted molar refractivity (Wildman–Crippen MR) is 114 cm³/mol. The molecule has 2 aromatic rings. The fourth-order valence-electron chi connectivity index (χ4n) is 2.90. The molecule has 0 aliphatic carbocycles. The number of hydrogen-bond acceptors (Lipinski definition) is 4. The molecule has 0 bridgehead atoms. The van der Waals surface area contributed by atoms with Crippen molar-refractivity contribution in [2.45, 2.75) is 39.4 Å². The van der Waals surface area contributed by atoms with Crippen LogP contribution in [0.15, 0.2) is 53.0 Å². The van der Waals surface area contributed by atoms with Crippen LogP contribution in [0.1, 0.15) is 50.5 Å². The summed E-state index contributed by atoms with van der Waals surface area (Å²) in [4.78, 5) is 0. The smallest absolute Gasteiger partial charge is 0.357 e. The summed E-state index contributed by atoms with van der Waals surface area (Å²) in [5.74, 6) is -0.127. The van der Waals surface area contributed by atoms with E-state index in [0.29, 0.717) is 19.1 Å². The summed E-state index contributed by atoms with van der Waals surface area (Å²) >= 11 is 3.58. The monoisotopic (exact) mass is 451 g/mol. The molecule has 1 unspecified atom stereocenters. The van der Waals surface area contributed by atoms with Crippen molar-refractivity contribution in [1.29, 1.82) is 0 Å². The first kappa shape index (κ1) is 20.6. The quantitative estimate of drug-likeness (QED) is 0.499. The molecule has 0 aromatic heterocycles. The number of hydrogen-bond donors (Lipinski definition) is 1. The first-order valence-electron chi connectivity index (χ1n) is 9.20. The largest absolute Gasteiger partial charge is 0.368 e. The second kappa shape index (κ2) is 8.08. The molecule has 0 amide bonds. The second-order valence-electron chi connectivity index (χ2n) is 8.10. The van der Waals surface area contributed by atoms with Gasteiger partial charge in [-0.2, -0.15) is 0 Å². The lowest BCUT2D eigenvalue weighted by molar-refractivity contribution is 0.0387. The maximum absolute atomic E-state index is 13.6. The molecule has 4 nitrogen and oxygen atoms in total. The SMILES string of the molecule is CC(C)c1ccc(NC(c2ccccc2Br)P2(=O)OCC(C)(C)CO2)cc1. The molecule has 1 aliphatic heterocycles. The average molecular weight is 452 g/mol. The molecule has 1 atom stereocenters. The number of halogens is 1. The van der Waals surface area contributed by atoms with Gasteiger partial charge in [0.1, 0.15) is 0 Å². The molecule has 27 heavy (non-hydrogen) atoms. The number of anilines is 1. The predicted octanol–water partition coefficient (Wildman–Crippen LogP) is 6.95. The van der Waals surface area contributed by atoms with Crippen molar-refractivity contribution in [3.63, 3.8) is 0 Å². The van der Waals surface area contributed by atoms with Gasteiger partial charge >= 0.3 is 7.60 Å². The minimum Gasteiger partial charge on any atom is -0.368 e. The first-order valence-corrected chi connectivity index (χ1v) is 11.6. The lowest BCUT2D eigenvalue weighted by atomic mass is 9.97. The van der Waals surface area contributed by atoms with E-state index in [4.69, 9.17) is 9.05 Å². The Morgan fingerprint density at radius 1 is 1.04 bits per heavy atom. The van der Waals surface area contributed by atoms with E-state index in [0.717, 1.165) is 15.7 Å². The Kier molecular flexibility index (Phi) is 6.17. The van der Waals surface area contributed by atoms with Gasteiger partial charge in [-0.3, -0.25) is 4.57 Å². The van der Waals surface area contributed by atoms with Gasteiger partial charge in [-0.1, -0.05) is 74.0 Å². The van der Waals surface area contributed by atoms with Crippen LogP contribution in [0.2, 0.25) is 0 Å². The minimum absolute atomic E-state index is 0.148. The Hall–Kier alpha value is -1.13. The summed E-state index contributed by atoms with van der Waals surface area (Å²) in [5, 5.41) is 3.40. The lowest BCUT2D eigenvalue weighted by Gasteiger charge is -2.38. The van der Waals surface area contributed by atoms with Crippen LogP contribution in [0.25, 0.3) is 0 Å². The van der Waals surface area contributed by atoms with Crippen LogP contribution in [0.5, 0.6) is 0 Å². The van der Waals surface area contributed by atoms with E-state index in [9.17, 15) is 4.57 Å². The van der Waals surface area contributed by atoms with Gasteiger partial charge in [0.05, 0.1) is 13.2 Å². The van der Waals surface area contributed by atoms with Gasteiger partial charge in [0.15, 0.2) is 5.78 Å². The summed E-state index contributed by atoms with van der Waals surface area (Å²) in [7, 11) is -3.39. The van der Waals surface area contributed by atoms with Crippen LogP contribution >= 0.6 is 23.5 Å². The van der Waals surface area contributed by atoms with Crippen LogP contribution in [0, 0.1) is 5.41 Å². The van der Waals surface area contributed by atoms with Crippen molar-refractivity contribution in [2.75, 3.05) is 18.5 Å². The van der Waals surface area contributed by atoms with Gasteiger partial charge in [-0.25, -0.2) is 0 Å². The Morgan fingerprint density at radius 2 is 1.63 bits per heavy atom. The third-order valence-corrected chi connectivity index (χ3v) is 7.41. The Morgan fingerprint density at radius 3 is 2.19 bits per heavy atom. The highest BCUT2D eigenvalue weighted by Gasteiger charge is 2.44. The summed E-state index contributed by atoms with van der Waals surface area (Å²) < 4.78 is 26.2. The Bertz CT molecular complexity index is 822. The van der Waals surface area contributed by atoms with Gasteiger partial charge in [0, 0.05) is 21.1 Å². The van der Waals surface area contributed by atoms with Crippen LogP contribution in [-0.2, 0) is 13.6 Å². The molecule has 1 fully saturated rings. The highest BCUT2D eigenvalue weighted by atomic mass is 79.9. The molecule has 0 spiro atoms. The normalized spacial score (nSPS) is 19.6. The van der Waals surface area contributed by atoms with E-state index < -0.39 is 13.4 Å². The third-order valence-electron chi connectivity index (χ3n) is 4.67. The number of nitrogens with one attached hydrogen (secondary N) is 1. The summed E-state index contributed by atoms with van der Waals surface area (Å²) in [6.45, 7) is 9.22. The van der Waals surface area contributed by atoms with E-state index in [1.807, 2.05) is 50.2 Å². The second-order valence-corrected chi connectivity index (χ2v) is 11.1. The van der Waals surface area contributed by atoms with Gasteiger partial charge in [0.2, 0.25) is 0 Å². The van der Waals surface area contributed by atoms with E-state index >= 15 is 0 Å². The average Bonchev–Trinajstić information content (AvgIpc) is 2.64. The zero-order chi connectivity index (χ0) is 19.7. The number of rotatable bonds is 5. The maximum Gasteiger partial charge on any atom is 0.357 e. The van der Waals surface area contributed by atoms with Gasteiger partial charge < -0.3 is 14.4 Å². The van der Waals surface area contributed by atoms with Crippen molar-refractivity contribution in [3.8, 4) is 0 Å². The van der Waals surface area contributed by atoms with Crippen molar-refractivity contribution in [2.24, 2.45) is 5.41 Å². The first-order chi connectivity index (χ1) is 12.7. The minimum atomic E-state index is -3.39. The summed E-state index contributed by atoms with van der Waals surface area (Å²) in [5.41, 5.74) is 2.85. The lowest BCUT2D eigenvalue weighted by Crippen LogP contribution is -2.32. The molecule has 1 saturated heterocycles. The molecule has 1 N–H and O–H groups in total. The van der Waals surface area contributed by atoms with Crippen molar-refractivity contribution in [1.82, 2.24) is 0 Å². The molecule has 3 rings (SSSR count). The Labute approximate surface area is 170 Å². The fraction of sp³-hybridized carbons (Fsp3) is 0.429. The topological polar surface area (TPSA) is 47.6 Å². The summed E-state index contributed by atoms with van der Waals surface area (Å²) in [6.07, 6.45) is 0. The highest BCUT2D eigenvalue weighted by Crippen LogP contribution is 2.64. The molecule has 0 saturated carbocycles. The van der Waals surface area contributed by atoms with Crippen LogP contribution in [0.4, 0.5) is 5.69 Å². The zero-order valence-electron chi connectivity index (χ0n) is 16.2. The fourth-order valence-corrected chi connectivity index (χ4v) is 5.90. The summed E-state index contributed by atoms with van der Waals surface area (Å²) in [6, 6.07) is 15.9. The van der Waals surface area contributed by atoms with Crippen molar-refractivity contribution < 1.29 is 13.6 Å². The number of benzene rings is 2. The zero-order valence-corrected chi connectivity index (χ0v) is 18.7. The Balaban J connectivity index is 1.93. The van der Waals surface area contributed by atoms with E-state index in [2.05, 4.69) is 47.2 Å².